The third kappa shape index (κ3) is 4.16. The maximum Gasteiger partial charge on any atom is 0.274 e. The Hall–Kier alpha value is -2.89. The molecule has 2 heterocycles. The van der Waals surface area contributed by atoms with Crippen LogP contribution in [0, 0.1) is 0 Å². The van der Waals surface area contributed by atoms with Gasteiger partial charge in [0, 0.05) is 31.9 Å². The van der Waals surface area contributed by atoms with E-state index in [0.717, 1.165) is 31.5 Å². The van der Waals surface area contributed by atoms with E-state index in [2.05, 4.69) is 26.1 Å². The van der Waals surface area contributed by atoms with Crippen LogP contribution in [0.2, 0.25) is 0 Å². The Labute approximate surface area is 165 Å². The summed E-state index contributed by atoms with van der Waals surface area (Å²) in [4.78, 5) is 39.5. The van der Waals surface area contributed by atoms with Crippen molar-refractivity contribution >= 4 is 17.5 Å². The van der Waals surface area contributed by atoms with Gasteiger partial charge in [-0.25, -0.2) is 0 Å². The van der Waals surface area contributed by atoms with Crippen molar-refractivity contribution in [3.05, 3.63) is 63.6 Å². The molecule has 0 radical (unpaired) electrons. The van der Waals surface area contributed by atoms with Crippen LogP contribution in [-0.4, -0.2) is 34.4 Å². The number of carbonyl (C=O) groups is 2. The maximum atomic E-state index is 12.6. The quantitative estimate of drug-likeness (QED) is 0.888. The van der Waals surface area contributed by atoms with Gasteiger partial charge in [-0.2, -0.15) is 0 Å². The third-order valence-corrected chi connectivity index (χ3v) is 5.08. The van der Waals surface area contributed by atoms with Crippen LogP contribution < -0.4 is 10.9 Å². The molecule has 0 spiro atoms. The van der Waals surface area contributed by atoms with Gasteiger partial charge in [0.2, 0.25) is 0 Å². The van der Waals surface area contributed by atoms with Gasteiger partial charge in [-0.15, -0.1) is 0 Å². The van der Waals surface area contributed by atoms with Crippen molar-refractivity contribution in [2.24, 2.45) is 7.05 Å². The number of anilines is 1. The highest BCUT2D eigenvalue weighted by atomic mass is 16.2. The van der Waals surface area contributed by atoms with Crippen molar-refractivity contribution in [1.82, 2.24) is 9.47 Å². The molecule has 1 fully saturated rings. The summed E-state index contributed by atoms with van der Waals surface area (Å²) < 4.78 is 1.33. The standard InChI is InChI=1S/C22H27N3O3/c1-22(2,3)17-9-7-15(8-10-17)19(26)23-18-13-16(14-24(4)21(18)28)20(27)25-11-5-6-12-25/h7-10,13-14H,5-6,11-12H2,1-4H3,(H,23,26). The van der Waals surface area contributed by atoms with Crippen molar-refractivity contribution in [3.8, 4) is 0 Å². The summed E-state index contributed by atoms with van der Waals surface area (Å²) in [5, 5.41) is 2.67. The first-order valence-electron chi connectivity index (χ1n) is 9.58. The summed E-state index contributed by atoms with van der Waals surface area (Å²) in [5.74, 6) is -0.485. The third-order valence-electron chi connectivity index (χ3n) is 5.08. The smallest absolute Gasteiger partial charge is 0.274 e. The Morgan fingerprint density at radius 1 is 1.00 bits per heavy atom. The van der Waals surface area contributed by atoms with Gasteiger partial charge < -0.3 is 14.8 Å². The topological polar surface area (TPSA) is 71.4 Å². The predicted octanol–water partition coefficient (Wildman–Crippen LogP) is 3.17. The zero-order valence-corrected chi connectivity index (χ0v) is 16.9. The number of nitrogens with zero attached hydrogens (tertiary/aromatic N) is 2. The molecule has 0 atom stereocenters. The second-order valence-corrected chi connectivity index (χ2v) is 8.34. The van der Waals surface area contributed by atoms with E-state index in [1.165, 1.54) is 16.8 Å². The molecule has 6 nitrogen and oxygen atoms in total. The van der Waals surface area contributed by atoms with E-state index in [4.69, 9.17) is 0 Å². The van der Waals surface area contributed by atoms with Gasteiger partial charge in [-0.05, 0) is 42.0 Å². The number of aromatic nitrogens is 1. The van der Waals surface area contributed by atoms with Gasteiger partial charge in [-0.3, -0.25) is 14.4 Å². The summed E-state index contributed by atoms with van der Waals surface area (Å²) >= 11 is 0. The number of pyridine rings is 1. The monoisotopic (exact) mass is 381 g/mol. The fourth-order valence-electron chi connectivity index (χ4n) is 3.34. The first-order valence-corrected chi connectivity index (χ1v) is 9.58. The molecule has 28 heavy (non-hydrogen) atoms. The molecule has 148 valence electrons. The molecule has 1 aromatic heterocycles. The number of nitrogens with one attached hydrogen (secondary N) is 1. The molecule has 0 saturated carbocycles. The number of amides is 2. The van der Waals surface area contributed by atoms with Gasteiger partial charge in [0.15, 0.2) is 0 Å². The van der Waals surface area contributed by atoms with Gasteiger partial charge in [0.05, 0.1) is 5.56 Å². The van der Waals surface area contributed by atoms with Crippen LogP contribution in [0.15, 0.2) is 41.3 Å². The molecule has 2 aromatic rings. The van der Waals surface area contributed by atoms with Crippen molar-refractivity contribution < 1.29 is 9.59 Å². The lowest BCUT2D eigenvalue weighted by Gasteiger charge is -2.19. The Bertz CT molecular complexity index is 946. The largest absolute Gasteiger partial charge is 0.339 e. The number of hydrogen-bond acceptors (Lipinski definition) is 3. The van der Waals surface area contributed by atoms with Crippen molar-refractivity contribution in [1.29, 1.82) is 0 Å². The second kappa shape index (κ2) is 7.62. The first kappa shape index (κ1) is 19.9. The summed E-state index contributed by atoms with van der Waals surface area (Å²) in [7, 11) is 1.58. The fraction of sp³-hybridized carbons (Fsp3) is 0.409. The lowest BCUT2D eigenvalue weighted by atomic mass is 9.87. The number of likely N-dealkylation sites (tertiary alicyclic amines) is 1. The number of benzene rings is 1. The molecule has 1 saturated heterocycles. The Balaban J connectivity index is 1.84. The highest BCUT2D eigenvalue weighted by molar-refractivity contribution is 6.05. The van der Waals surface area contributed by atoms with Crippen molar-refractivity contribution in [2.75, 3.05) is 18.4 Å². The highest BCUT2D eigenvalue weighted by Gasteiger charge is 2.22. The minimum absolute atomic E-state index is 0.00475. The molecule has 3 rings (SSSR count). The van der Waals surface area contributed by atoms with Crippen molar-refractivity contribution in [3.63, 3.8) is 0 Å². The van der Waals surface area contributed by atoms with Gasteiger partial charge in [-0.1, -0.05) is 32.9 Å². The average Bonchev–Trinajstić information content (AvgIpc) is 3.18. The SMILES string of the molecule is Cn1cc(C(=O)N2CCCC2)cc(NC(=O)c2ccc(C(C)(C)C)cc2)c1=O. The Morgan fingerprint density at radius 3 is 2.18 bits per heavy atom. The van der Waals surface area contributed by atoms with E-state index in [0.29, 0.717) is 11.1 Å². The van der Waals surface area contributed by atoms with Gasteiger partial charge >= 0.3 is 0 Å². The van der Waals surface area contributed by atoms with Crippen LogP contribution >= 0.6 is 0 Å². The van der Waals surface area contributed by atoms with E-state index in [1.54, 1.807) is 24.1 Å². The predicted molar refractivity (Wildman–Crippen MR) is 110 cm³/mol. The summed E-state index contributed by atoms with van der Waals surface area (Å²) in [6.07, 6.45) is 3.51. The summed E-state index contributed by atoms with van der Waals surface area (Å²) in [5.41, 5.74) is 1.75. The van der Waals surface area contributed by atoms with Crippen LogP contribution in [0.5, 0.6) is 0 Å². The van der Waals surface area contributed by atoms with Crippen molar-refractivity contribution in [2.45, 2.75) is 39.0 Å². The zero-order valence-electron chi connectivity index (χ0n) is 16.9. The minimum Gasteiger partial charge on any atom is -0.339 e. The van der Waals surface area contributed by atoms with Gasteiger partial charge in [0.25, 0.3) is 17.4 Å². The maximum absolute atomic E-state index is 12.6. The molecule has 2 amide bonds. The molecule has 1 aromatic carbocycles. The molecule has 0 unspecified atom stereocenters. The van der Waals surface area contributed by atoms with Crippen LogP contribution in [0.3, 0.4) is 0 Å². The molecule has 0 bridgehead atoms. The fourth-order valence-corrected chi connectivity index (χ4v) is 3.34. The second-order valence-electron chi connectivity index (χ2n) is 8.34. The summed E-state index contributed by atoms with van der Waals surface area (Å²) in [6, 6.07) is 8.81. The first-order chi connectivity index (χ1) is 13.2. The normalized spacial score (nSPS) is 14.2. The summed E-state index contributed by atoms with van der Waals surface area (Å²) in [6.45, 7) is 7.77. The molecular formula is C22H27N3O3. The minimum atomic E-state index is -0.372. The number of aryl methyl sites for hydroxylation is 1. The Kier molecular flexibility index (Phi) is 5.40. The number of carbonyl (C=O) groups excluding carboxylic acids is 2. The number of hydrogen-bond donors (Lipinski definition) is 1. The molecule has 1 aliphatic heterocycles. The van der Waals surface area contributed by atoms with Crippen LogP contribution in [0.1, 0.15) is 59.9 Å². The highest BCUT2D eigenvalue weighted by Crippen LogP contribution is 2.22. The number of rotatable bonds is 3. The molecular weight excluding hydrogens is 354 g/mol. The van der Waals surface area contributed by atoms with Crippen LogP contribution in [-0.2, 0) is 12.5 Å². The molecule has 0 aliphatic carbocycles. The zero-order chi connectivity index (χ0) is 20.5. The average molecular weight is 381 g/mol. The van der Waals surface area contributed by atoms with E-state index >= 15 is 0 Å². The lowest BCUT2D eigenvalue weighted by Crippen LogP contribution is -2.30. The van der Waals surface area contributed by atoms with E-state index in [9.17, 15) is 14.4 Å². The lowest BCUT2D eigenvalue weighted by molar-refractivity contribution is 0.0791. The van der Waals surface area contributed by atoms with Crippen LogP contribution in [0.25, 0.3) is 0 Å². The molecule has 1 aliphatic rings. The van der Waals surface area contributed by atoms with E-state index < -0.39 is 0 Å². The van der Waals surface area contributed by atoms with E-state index in [1.807, 2.05) is 12.1 Å². The Morgan fingerprint density at radius 2 is 1.61 bits per heavy atom. The van der Waals surface area contributed by atoms with Crippen LogP contribution in [0.4, 0.5) is 5.69 Å². The van der Waals surface area contributed by atoms with Gasteiger partial charge in [0.1, 0.15) is 5.69 Å². The molecule has 1 N–H and O–H groups in total. The van der Waals surface area contributed by atoms with E-state index in [-0.39, 0.29) is 28.5 Å². The molecule has 6 heteroatoms.